The maximum absolute atomic E-state index is 5.88. The van der Waals surface area contributed by atoms with Crippen LogP contribution >= 0.6 is 11.6 Å². The van der Waals surface area contributed by atoms with Crippen LogP contribution in [-0.4, -0.2) is 28.0 Å². The molecule has 1 aliphatic rings. The summed E-state index contributed by atoms with van der Waals surface area (Å²) in [6.45, 7) is 6.06. The minimum Gasteiger partial charge on any atom is -0.354 e. The summed E-state index contributed by atoms with van der Waals surface area (Å²) in [6, 6.07) is 0. The van der Waals surface area contributed by atoms with E-state index < -0.39 is 0 Å². The fourth-order valence-electron chi connectivity index (χ4n) is 1.83. The van der Waals surface area contributed by atoms with Crippen molar-refractivity contribution in [1.29, 1.82) is 0 Å². The Kier molecular flexibility index (Phi) is 4.58. The SMILES string of the molecule is CCCNc1nc(Cl)nc(NCC(C)C2CC2)n1. The summed E-state index contributed by atoms with van der Waals surface area (Å²) in [5.74, 6) is 2.62. The van der Waals surface area contributed by atoms with Crippen LogP contribution in [0.1, 0.15) is 33.1 Å². The van der Waals surface area contributed by atoms with Crippen LogP contribution in [0.4, 0.5) is 11.9 Å². The molecule has 5 nitrogen and oxygen atoms in total. The molecule has 18 heavy (non-hydrogen) atoms. The van der Waals surface area contributed by atoms with E-state index >= 15 is 0 Å². The van der Waals surface area contributed by atoms with Crippen molar-refractivity contribution in [3.8, 4) is 0 Å². The molecule has 0 spiro atoms. The number of hydrogen-bond acceptors (Lipinski definition) is 5. The van der Waals surface area contributed by atoms with Gasteiger partial charge >= 0.3 is 0 Å². The molecule has 1 aliphatic carbocycles. The van der Waals surface area contributed by atoms with Crippen LogP contribution in [-0.2, 0) is 0 Å². The van der Waals surface area contributed by atoms with Crippen molar-refractivity contribution in [2.75, 3.05) is 23.7 Å². The molecule has 2 rings (SSSR count). The molecule has 6 heteroatoms. The largest absolute Gasteiger partial charge is 0.354 e. The lowest BCUT2D eigenvalue weighted by Gasteiger charge is -2.12. The van der Waals surface area contributed by atoms with Crippen LogP contribution < -0.4 is 10.6 Å². The molecule has 1 unspecified atom stereocenters. The van der Waals surface area contributed by atoms with Gasteiger partial charge in [0.2, 0.25) is 17.2 Å². The van der Waals surface area contributed by atoms with Gasteiger partial charge in [0.1, 0.15) is 0 Å². The minimum absolute atomic E-state index is 0.227. The van der Waals surface area contributed by atoms with Gasteiger partial charge in [0, 0.05) is 13.1 Å². The number of hydrogen-bond donors (Lipinski definition) is 2. The standard InChI is InChI=1S/C12H20ClN5/c1-3-6-14-11-16-10(13)17-12(18-11)15-7-8(2)9-4-5-9/h8-9H,3-7H2,1-2H3,(H2,14,15,16,17,18). The Morgan fingerprint density at radius 1 is 1.22 bits per heavy atom. The molecule has 0 radical (unpaired) electrons. The van der Waals surface area contributed by atoms with Gasteiger partial charge in [0.25, 0.3) is 0 Å². The summed E-state index contributed by atoms with van der Waals surface area (Å²) in [5, 5.41) is 6.58. The first kappa shape index (κ1) is 13.3. The number of anilines is 2. The smallest absolute Gasteiger partial charge is 0.228 e. The Balaban J connectivity index is 1.91. The third kappa shape index (κ3) is 3.98. The zero-order valence-corrected chi connectivity index (χ0v) is 11.7. The van der Waals surface area contributed by atoms with E-state index in [9.17, 15) is 0 Å². The lowest BCUT2D eigenvalue weighted by atomic mass is 10.1. The van der Waals surface area contributed by atoms with Gasteiger partial charge in [-0.25, -0.2) is 0 Å². The molecule has 1 heterocycles. The Bertz CT molecular complexity index is 394. The highest BCUT2D eigenvalue weighted by atomic mass is 35.5. The van der Waals surface area contributed by atoms with E-state index in [0.717, 1.165) is 25.4 Å². The quantitative estimate of drug-likeness (QED) is 0.797. The van der Waals surface area contributed by atoms with Gasteiger partial charge in [-0.15, -0.1) is 0 Å². The summed E-state index contributed by atoms with van der Waals surface area (Å²) in [4.78, 5) is 12.4. The first-order valence-electron chi connectivity index (χ1n) is 6.58. The average molecular weight is 270 g/mol. The number of rotatable bonds is 7. The molecule has 1 atom stereocenters. The molecule has 0 amide bonds. The summed E-state index contributed by atoms with van der Waals surface area (Å²) in [6.07, 6.45) is 3.72. The predicted octanol–water partition coefficient (Wildman–Crippen LogP) is 2.80. The lowest BCUT2D eigenvalue weighted by Crippen LogP contribution is -2.16. The van der Waals surface area contributed by atoms with Crippen molar-refractivity contribution in [3.63, 3.8) is 0 Å². The molecule has 0 bridgehead atoms. The molecule has 1 aromatic rings. The zero-order valence-electron chi connectivity index (χ0n) is 10.9. The van der Waals surface area contributed by atoms with Crippen molar-refractivity contribution in [2.24, 2.45) is 11.8 Å². The summed E-state index contributed by atoms with van der Waals surface area (Å²) >= 11 is 5.88. The number of nitrogens with zero attached hydrogens (tertiary/aromatic N) is 3. The second kappa shape index (κ2) is 6.18. The highest BCUT2D eigenvalue weighted by Gasteiger charge is 2.27. The zero-order chi connectivity index (χ0) is 13.0. The first-order chi connectivity index (χ1) is 8.69. The fraction of sp³-hybridized carbons (Fsp3) is 0.750. The third-order valence-corrected chi connectivity index (χ3v) is 3.32. The second-order valence-electron chi connectivity index (χ2n) is 4.87. The number of nitrogens with one attached hydrogen (secondary N) is 2. The van der Waals surface area contributed by atoms with Gasteiger partial charge < -0.3 is 10.6 Å². The van der Waals surface area contributed by atoms with Crippen LogP contribution in [0.25, 0.3) is 0 Å². The molecule has 1 aromatic heterocycles. The van der Waals surface area contributed by atoms with Gasteiger partial charge in [-0.2, -0.15) is 15.0 Å². The highest BCUT2D eigenvalue weighted by molar-refractivity contribution is 6.28. The molecule has 0 saturated heterocycles. The molecule has 100 valence electrons. The van der Waals surface area contributed by atoms with E-state index in [-0.39, 0.29) is 5.28 Å². The van der Waals surface area contributed by atoms with E-state index in [4.69, 9.17) is 11.6 Å². The maximum Gasteiger partial charge on any atom is 0.228 e. The van der Waals surface area contributed by atoms with Crippen LogP contribution in [0, 0.1) is 11.8 Å². The van der Waals surface area contributed by atoms with E-state index in [1.807, 2.05) is 0 Å². The van der Waals surface area contributed by atoms with Crippen LogP contribution in [0.15, 0.2) is 0 Å². The minimum atomic E-state index is 0.227. The molecule has 0 aliphatic heterocycles. The third-order valence-electron chi connectivity index (χ3n) is 3.15. The van der Waals surface area contributed by atoms with Crippen molar-refractivity contribution in [2.45, 2.75) is 33.1 Å². The Hall–Kier alpha value is -1.10. The summed E-state index contributed by atoms with van der Waals surface area (Å²) < 4.78 is 0. The molecule has 0 aromatic carbocycles. The van der Waals surface area contributed by atoms with Gasteiger partial charge in [0.05, 0.1) is 0 Å². The Morgan fingerprint density at radius 3 is 2.50 bits per heavy atom. The van der Waals surface area contributed by atoms with Crippen molar-refractivity contribution in [1.82, 2.24) is 15.0 Å². The first-order valence-corrected chi connectivity index (χ1v) is 6.96. The molecule has 2 N–H and O–H groups in total. The molecule has 1 fully saturated rings. The van der Waals surface area contributed by atoms with Crippen LogP contribution in [0.5, 0.6) is 0 Å². The lowest BCUT2D eigenvalue weighted by molar-refractivity contribution is 0.535. The molecular formula is C12H20ClN5. The number of aromatic nitrogens is 3. The summed E-state index contributed by atoms with van der Waals surface area (Å²) in [7, 11) is 0. The van der Waals surface area contributed by atoms with E-state index in [2.05, 4.69) is 39.4 Å². The normalized spacial score (nSPS) is 16.4. The maximum atomic E-state index is 5.88. The topological polar surface area (TPSA) is 62.7 Å². The fourth-order valence-corrected chi connectivity index (χ4v) is 1.99. The monoisotopic (exact) mass is 269 g/mol. The predicted molar refractivity (Wildman–Crippen MR) is 74.0 cm³/mol. The van der Waals surface area contributed by atoms with Crippen molar-refractivity contribution >= 4 is 23.5 Å². The molecular weight excluding hydrogens is 250 g/mol. The van der Waals surface area contributed by atoms with Crippen LogP contribution in [0.2, 0.25) is 5.28 Å². The van der Waals surface area contributed by atoms with E-state index in [1.165, 1.54) is 12.8 Å². The Morgan fingerprint density at radius 2 is 1.89 bits per heavy atom. The molecule has 1 saturated carbocycles. The second-order valence-corrected chi connectivity index (χ2v) is 5.21. The van der Waals surface area contributed by atoms with E-state index in [0.29, 0.717) is 17.8 Å². The highest BCUT2D eigenvalue weighted by Crippen LogP contribution is 2.36. The summed E-state index contributed by atoms with van der Waals surface area (Å²) in [5.41, 5.74) is 0. The van der Waals surface area contributed by atoms with Gasteiger partial charge in [0.15, 0.2) is 0 Å². The van der Waals surface area contributed by atoms with Crippen LogP contribution in [0.3, 0.4) is 0 Å². The van der Waals surface area contributed by atoms with E-state index in [1.54, 1.807) is 0 Å². The van der Waals surface area contributed by atoms with Gasteiger partial charge in [-0.1, -0.05) is 13.8 Å². The van der Waals surface area contributed by atoms with Gasteiger partial charge in [-0.3, -0.25) is 0 Å². The number of halogens is 1. The van der Waals surface area contributed by atoms with Crippen molar-refractivity contribution in [3.05, 3.63) is 5.28 Å². The van der Waals surface area contributed by atoms with Crippen molar-refractivity contribution < 1.29 is 0 Å². The Labute approximate surface area is 113 Å². The van der Waals surface area contributed by atoms with Gasteiger partial charge in [-0.05, 0) is 42.7 Å². The average Bonchev–Trinajstić information content (AvgIpc) is 3.17.